The van der Waals surface area contributed by atoms with Crippen molar-refractivity contribution in [2.75, 3.05) is 93.6 Å². The zero-order chi connectivity index (χ0) is 85.2. The zero-order valence-corrected chi connectivity index (χ0v) is 68.7. The Kier molecular flexibility index (Phi) is 24.8. The number of likely N-dealkylation sites (tertiary alicyclic amines) is 2. The van der Waals surface area contributed by atoms with Gasteiger partial charge < -0.3 is 76.8 Å². The van der Waals surface area contributed by atoms with Crippen LogP contribution in [0.3, 0.4) is 0 Å². The second-order valence-corrected chi connectivity index (χ2v) is 31.6. The Labute approximate surface area is 707 Å². The van der Waals surface area contributed by atoms with E-state index in [9.17, 15) is 38.4 Å². The first kappa shape index (κ1) is 82.3. The molecule has 0 radical (unpaired) electrons. The van der Waals surface area contributed by atoms with Crippen LogP contribution in [0.5, 0.6) is 0 Å². The fraction of sp³-hybridized carbons (Fsp3) is 0.289. The van der Waals surface area contributed by atoms with Crippen molar-refractivity contribution in [3.63, 3.8) is 0 Å². The Morgan fingerprint density at radius 1 is 0.423 bits per heavy atom. The molecular formula is C90H95N25O8. The van der Waals surface area contributed by atoms with Gasteiger partial charge in [-0.05, 0) is 193 Å². The van der Waals surface area contributed by atoms with E-state index < -0.39 is 23.9 Å². The van der Waals surface area contributed by atoms with Crippen molar-refractivity contribution in [2.24, 2.45) is 5.73 Å². The molecule has 11 N–H and O–H groups in total. The molecule has 123 heavy (non-hydrogen) atoms. The molecule has 2 aliphatic rings. The van der Waals surface area contributed by atoms with E-state index in [2.05, 4.69) is 91.4 Å². The summed E-state index contributed by atoms with van der Waals surface area (Å²) in [6.07, 6.45) is 6.51. The summed E-state index contributed by atoms with van der Waals surface area (Å²) >= 11 is 0. The molecule has 0 aliphatic carbocycles. The quantitative estimate of drug-likeness (QED) is 0.0170. The number of rotatable bonds is 34. The van der Waals surface area contributed by atoms with E-state index in [1.54, 1.807) is 68.0 Å². The summed E-state index contributed by atoms with van der Waals surface area (Å²) in [6.45, 7) is 4.71. The highest BCUT2D eigenvalue weighted by Crippen LogP contribution is 2.34. The Morgan fingerprint density at radius 2 is 0.780 bits per heavy atom. The maximum absolute atomic E-state index is 14.4. The summed E-state index contributed by atoms with van der Waals surface area (Å²) < 4.78 is 3.28. The summed E-state index contributed by atoms with van der Waals surface area (Å²) in [5, 5.41) is 31.9. The lowest BCUT2D eigenvalue weighted by atomic mass is 10.0. The normalized spacial score (nSPS) is 14.1. The number of nitrogens with zero attached hydrogens (tertiary/aromatic N) is 15. The molecule has 0 saturated carbocycles. The number of likely N-dealkylation sites (N-methyl/N-ethyl adjacent to an activating group) is 2. The molecule has 1 unspecified atom stereocenters. The average Bonchev–Trinajstić information content (AvgIpc) is 1.64. The maximum Gasteiger partial charge on any atom is 0.251 e. The van der Waals surface area contributed by atoms with Crippen LogP contribution in [-0.4, -0.2) is 247 Å². The minimum Gasteiger partial charge on any atom is -0.368 e. The molecule has 6 aromatic heterocycles. The fourth-order valence-electron chi connectivity index (χ4n) is 15.6. The standard InChI is InChI=1S/C90H95N25O8/c1-109(2)43-36-93-85(118)59-19-11-55(12-20-59)81-97-69-31-27-63(45-73(69)101-81)65-29-33-71-75(47-65)103-83(99-71)57-15-23-61(24-16-57)87(120)95-49-67-52-112(107-105-67)39-7-35-92-51-80(117)114-41-5-10-78(114)90(123)115-42-6-9-77(115)89(122)111(54-79(91)116)38-8-40-113-53-68(106-108-113)50-96-88(121)62-25-17-58(18-26-62)84-100-72-34-30-66(48-76(72)104-84)64-28-32-70-74(46-64)102-82(98-70)56-13-21-60(22-14-56)86(119)94-37-44-110(3)4/h11-34,45-48,52-53,77-78,92H,5-10,35-44,49-51,54H2,1-4H3,(H2,91,116)(H,93,118)(H,94,119)(H,95,120)(H,96,121)(H,97,101)(H,98,102)(H,99,103)(H,100,104)/t77?,78-/m0/s1. The third-order valence-electron chi connectivity index (χ3n) is 22.2. The number of carbonyl (C=O) groups excluding carboxylic acids is 8. The number of primary amides is 1. The number of aryl methyl sites for hydroxylation is 2. The van der Waals surface area contributed by atoms with Gasteiger partial charge in [0.1, 0.15) is 46.8 Å². The minimum absolute atomic E-state index is 0.00548. The van der Waals surface area contributed by atoms with Crippen LogP contribution in [0.1, 0.15) is 91.3 Å². The van der Waals surface area contributed by atoms with Gasteiger partial charge in [0, 0.05) is 103 Å². The Hall–Kier alpha value is -14.4. The van der Waals surface area contributed by atoms with Gasteiger partial charge in [0.05, 0.1) is 82.7 Å². The molecular weight excluding hydrogens is 1560 g/mol. The third-order valence-corrected chi connectivity index (χ3v) is 22.2. The van der Waals surface area contributed by atoms with Crippen molar-refractivity contribution >= 4 is 91.4 Å². The molecule has 8 aromatic carbocycles. The van der Waals surface area contributed by atoms with Crippen LogP contribution in [0, 0.1) is 0 Å². The SMILES string of the molecule is CN(C)CCNC(=O)c1ccc(-c2nc3ccc(-c4ccc5nc(-c6ccc(C(=O)NCc7cn(CCCNCC(=O)N8CCC[C@H]8C(=O)N8CCCC8C(=O)N(CCCn8cc(CNC(=O)c9ccc(-c%10nc%11ccc(-c%12ccc%13nc(-c%14ccc(C(=O)NCCN(C)C)cc%14)[nH]c%13c%12)cc%11[nH]%10)cc9)nn8)CC(N)=O)nn7)cc6)[nH]c5c4)cc3[nH]2)cc1. The van der Waals surface area contributed by atoms with E-state index in [1.807, 2.05) is 147 Å². The van der Waals surface area contributed by atoms with Crippen molar-refractivity contribution in [3.05, 3.63) is 216 Å². The number of hydrogen-bond donors (Lipinski definition) is 10. The van der Waals surface area contributed by atoms with Crippen LogP contribution in [0.25, 0.3) is 112 Å². The first-order valence-corrected chi connectivity index (χ1v) is 41.2. The Bertz CT molecular complexity index is 6220. The Morgan fingerprint density at radius 3 is 1.16 bits per heavy atom. The lowest BCUT2D eigenvalue weighted by Gasteiger charge is -2.33. The molecule has 2 fully saturated rings. The molecule has 2 aliphatic heterocycles. The lowest BCUT2D eigenvalue weighted by Crippen LogP contribution is -2.55. The number of imidazole rings is 4. The summed E-state index contributed by atoms with van der Waals surface area (Å²) in [6, 6.07) is 51.9. The molecule has 628 valence electrons. The molecule has 33 nitrogen and oxygen atoms in total. The van der Waals surface area contributed by atoms with Crippen molar-refractivity contribution in [3.8, 4) is 67.8 Å². The van der Waals surface area contributed by atoms with Crippen LogP contribution in [0.4, 0.5) is 0 Å². The number of nitrogens with one attached hydrogen (secondary N) is 9. The third kappa shape index (κ3) is 19.6. The van der Waals surface area contributed by atoms with Gasteiger partial charge in [-0.15, -0.1) is 10.2 Å². The van der Waals surface area contributed by atoms with Crippen LogP contribution >= 0.6 is 0 Å². The summed E-state index contributed by atoms with van der Waals surface area (Å²) in [5.74, 6) is 0.283. The smallest absolute Gasteiger partial charge is 0.251 e. The van der Waals surface area contributed by atoms with Gasteiger partial charge >= 0.3 is 0 Å². The summed E-state index contributed by atoms with van der Waals surface area (Å²) in [7, 11) is 7.86. The second-order valence-electron chi connectivity index (χ2n) is 31.6. The molecule has 33 heteroatoms. The topological polar surface area (TPSA) is 415 Å². The number of amides is 8. The molecule has 16 rings (SSSR count). The van der Waals surface area contributed by atoms with Gasteiger partial charge in [0.15, 0.2) is 0 Å². The predicted octanol–water partition coefficient (Wildman–Crippen LogP) is 8.19. The van der Waals surface area contributed by atoms with Crippen molar-refractivity contribution < 1.29 is 38.4 Å². The van der Waals surface area contributed by atoms with Gasteiger partial charge in [-0.3, -0.25) is 47.7 Å². The highest BCUT2D eigenvalue weighted by molar-refractivity contribution is 5.99. The van der Waals surface area contributed by atoms with Crippen LogP contribution in [-0.2, 0) is 45.4 Å². The Balaban J connectivity index is 0.441. The lowest BCUT2D eigenvalue weighted by molar-refractivity contribution is -0.149. The summed E-state index contributed by atoms with van der Waals surface area (Å²) in [4.78, 5) is 149. The van der Waals surface area contributed by atoms with Crippen molar-refractivity contribution in [2.45, 2.75) is 76.8 Å². The second kappa shape index (κ2) is 37.1. The number of fused-ring (bicyclic) bond motifs is 4. The van der Waals surface area contributed by atoms with E-state index in [4.69, 9.17) is 25.7 Å². The first-order valence-electron chi connectivity index (χ1n) is 41.2. The van der Waals surface area contributed by atoms with Crippen molar-refractivity contribution in [1.82, 2.24) is 121 Å². The number of aromatic nitrogens is 14. The summed E-state index contributed by atoms with van der Waals surface area (Å²) in [5.41, 5.74) is 22.8. The van der Waals surface area contributed by atoms with Gasteiger partial charge in [0.25, 0.3) is 23.6 Å². The van der Waals surface area contributed by atoms with E-state index in [0.717, 1.165) is 102 Å². The average molecular weight is 1650 g/mol. The molecule has 8 amide bonds. The number of aromatic amines is 4. The molecule has 8 heterocycles. The van der Waals surface area contributed by atoms with E-state index >= 15 is 0 Å². The molecule has 2 atom stereocenters. The molecule has 0 spiro atoms. The number of nitrogens with two attached hydrogens (primary N) is 1. The number of carbonyl (C=O) groups is 8. The highest BCUT2D eigenvalue weighted by Gasteiger charge is 2.43. The molecule has 14 aromatic rings. The van der Waals surface area contributed by atoms with Gasteiger partial charge in [-0.1, -0.05) is 83.2 Å². The van der Waals surface area contributed by atoms with Gasteiger partial charge in [-0.2, -0.15) is 0 Å². The van der Waals surface area contributed by atoms with E-state index in [-0.39, 0.29) is 68.2 Å². The first-order chi connectivity index (χ1) is 59.7. The predicted molar refractivity (Wildman–Crippen MR) is 466 cm³/mol. The van der Waals surface area contributed by atoms with Crippen LogP contribution in [0.15, 0.2) is 182 Å². The van der Waals surface area contributed by atoms with Gasteiger partial charge in [0.2, 0.25) is 23.6 Å². The van der Waals surface area contributed by atoms with E-state index in [0.29, 0.717) is 141 Å². The van der Waals surface area contributed by atoms with E-state index in [1.165, 1.54) is 4.90 Å². The maximum atomic E-state index is 14.4. The number of H-pyrrole nitrogens is 4. The zero-order valence-electron chi connectivity index (χ0n) is 68.7. The van der Waals surface area contributed by atoms with Crippen LogP contribution in [0.2, 0.25) is 0 Å². The monoisotopic (exact) mass is 1650 g/mol. The van der Waals surface area contributed by atoms with Crippen LogP contribution < -0.4 is 32.3 Å². The fourth-order valence-corrected chi connectivity index (χ4v) is 15.6. The number of hydrogen-bond acceptors (Lipinski definition) is 19. The highest BCUT2D eigenvalue weighted by atomic mass is 16.2. The van der Waals surface area contributed by atoms with Gasteiger partial charge in [-0.25, -0.2) is 19.9 Å². The molecule has 2 saturated heterocycles. The largest absolute Gasteiger partial charge is 0.368 e. The minimum atomic E-state index is -0.829. The number of benzene rings is 8. The molecule has 0 bridgehead atoms. The van der Waals surface area contributed by atoms with Crippen molar-refractivity contribution in [1.29, 1.82) is 0 Å².